The number of hydrogen-bond acceptors (Lipinski definition) is 4. The van der Waals surface area contributed by atoms with E-state index in [1.54, 1.807) is 6.26 Å². The first-order chi connectivity index (χ1) is 14.8. The highest BCUT2D eigenvalue weighted by atomic mass is 127. The fraction of sp³-hybridized carbons (Fsp3) is 0.333. The average Bonchev–Trinajstić information content (AvgIpc) is 3.31. The van der Waals surface area contributed by atoms with Gasteiger partial charge in [0, 0.05) is 63.6 Å². The van der Waals surface area contributed by atoms with Gasteiger partial charge in [-0.2, -0.15) is 0 Å². The summed E-state index contributed by atoms with van der Waals surface area (Å²) in [5.74, 6) is 1.81. The highest BCUT2D eigenvalue weighted by Gasteiger charge is 2.03. The van der Waals surface area contributed by atoms with Crippen molar-refractivity contribution in [2.75, 3.05) is 38.1 Å². The number of furan rings is 1. The van der Waals surface area contributed by atoms with Crippen molar-refractivity contribution < 1.29 is 4.42 Å². The molecule has 7 heteroatoms. The molecule has 0 radical (unpaired) electrons. The normalized spacial score (nSPS) is 10.9. The van der Waals surface area contributed by atoms with Gasteiger partial charge in [0.25, 0.3) is 0 Å². The largest absolute Gasteiger partial charge is 0.469 e. The maximum absolute atomic E-state index is 5.41. The zero-order valence-electron chi connectivity index (χ0n) is 18.0. The van der Waals surface area contributed by atoms with E-state index in [-0.39, 0.29) is 24.0 Å². The van der Waals surface area contributed by atoms with Crippen LogP contribution >= 0.6 is 24.0 Å². The number of para-hydroxylation sites is 1. The lowest BCUT2D eigenvalue weighted by Crippen LogP contribution is -2.39. The Hall–Kier alpha value is -2.55. The summed E-state index contributed by atoms with van der Waals surface area (Å²) < 4.78 is 5.41. The van der Waals surface area contributed by atoms with Gasteiger partial charge in [-0.05, 0) is 42.8 Å². The molecule has 0 saturated carbocycles. The number of nitrogens with one attached hydrogen (secondary N) is 2. The number of rotatable bonds is 11. The Morgan fingerprint density at radius 3 is 2.45 bits per heavy atom. The molecule has 2 N–H and O–H groups in total. The van der Waals surface area contributed by atoms with Crippen LogP contribution < -0.4 is 15.5 Å². The minimum absolute atomic E-state index is 0. The predicted octanol–water partition coefficient (Wildman–Crippen LogP) is 4.14. The molecule has 0 aliphatic rings. The zero-order valence-corrected chi connectivity index (χ0v) is 20.4. The van der Waals surface area contributed by atoms with Crippen LogP contribution in [0.5, 0.6) is 0 Å². The monoisotopic (exact) mass is 533 g/mol. The van der Waals surface area contributed by atoms with Crippen LogP contribution in [0.25, 0.3) is 0 Å². The van der Waals surface area contributed by atoms with Crippen molar-refractivity contribution in [3.63, 3.8) is 0 Å². The molecule has 0 aliphatic heterocycles. The summed E-state index contributed by atoms with van der Waals surface area (Å²) in [6.45, 7) is 3.28. The molecule has 0 spiro atoms. The van der Waals surface area contributed by atoms with Crippen molar-refractivity contribution in [1.82, 2.24) is 15.6 Å². The first-order valence-corrected chi connectivity index (χ1v) is 10.5. The lowest BCUT2D eigenvalue weighted by atomic mass is 10.3. The van der Waals surface area contributed by atoms with Crippen molar-refractivity contribution in [2.45, 2.75) is 19.3 Å². The lowest BCUT2D eigenvalue weighted by Gasteiger charge is -2.18. The number of anilines is 1. The molecule has 1 aromatic carbocycles. The first kappa shape index (κ1) is 24.7. The smallest absolute Gasteiger partial charge is 0.191 e. The molecule has 0 aliphatic carbocycles. The Kier molecular flexibility index (Phi) is 11.5. The molecule has 0 atom stereocenters. The molecule has 3 aromatic rings. The van der Waals surface area contributed by atoms with Gasteiger partial charge in [0.05, 0.1) is 6.26 Å². The van der Waals surface area contributed by atoms with Crippen LogP contribution in [0.3, 0.4) is 0 Å². The maximum atomic E-state index is 5.41. The maximum Gasteiger partial charge on any atom is 0.191 e. The molecule has 0 amide bonds. The number of hydrogen-bond donors (Lipinski definition) is 2. The quantitative estimate of drug-likeness (QED) is 0.168. The average molecular weight is 533 g/mol. The molecule has 0 unspecified atom stereocenters. The van der Waals surface area contributed by atoms with E-state index in [0.717, 1.165) is 62.9 Å². The summed E-state index contributed by atoms with van der Waals surface area (Å²) in [5.41, 5.74) is 2.30. The van der Waals surface area contributed by atoms with Gasteiger partial charge in [-0.15, -0.1) is 24.0 Å². The Labute approximate surface area is 202 Å². The van der Waals surface area contributed by atoms with Crippen molar-refractivity contribution in [1.29, 1.82) is 0 Å². The van der Waals surface area contributed by atoms with Crippen molar-refractivity contribution in [3.05, 3.63) is 84.6 Å². The van der Waals surface area contributed by atoms with Gasteiger partial charge in [-0.1, -0.05) is 24.3 Å². The number of halogens is 1. The molecule has 6 nitrogen and oxygen atoms in total. The minimum atomic E-state index is 0. The van der Waals surface area contributed by atoms with Crippen molar-refractivity contribution >= 4 is 35.6 Å². The highest BCUT2D eigenvalue weighted by Crippen LogP contribution is 2.10. The van der Waals surface area contributed by atoms with Gasteiger partial charge in [-0.25, -0.2) is 0 Å². The minimum Gasteiger partial charge on any atom is -0.469 e. The van der Waals surface area contributed by atoms with Crippen LogP contribution in [0.2, 0.25) is 0 Å². The highest BCUT2D eigenvalue weighted by molar-refractivity contribution is 14.0. The third-order valence-electron chi connectivity index (χ3n) is 4.76. The van der Waals surface area contributed by atoms with Gasteiger partial charge in [-0.3, -0.25) is 9.98 Å². The van der Waals surface area contributed by atoms with E-state index < -0.39 is 0 Å². The van der Waals surface area contributed by atoms with E-state index in [1.807, 2.05) is 42.6 Å². The van der Waals surface area contributed by atoms with Crippen LogP contribution in [-0.2, 0) is 12.8 Å². The SMILES string of the molecule is CN(CCCN=C(NCCc1ccccn1)NCCc1ccco1)c1ccccc1.I. The first-order valence-electron chi connectivity index (χ1n) is 10.5. The zero-order chi connectivity index (χ0) is 20.9. The second-order valence-electron chi connectivity index (χ2n) is 7.09. The van der Waals surface area contributed by atoms with E-state index in [2.05, 4.69) is 51.8 Å². The van der Waals surface area contributed by atoms with Crippen LogP contribution in [-0.4, -0.2) is 44.2 Å². The Morgan fingerprint density at radius 1 is 0.968 bits per heavy atom. The molecule has 2 heterocycles. The third-order valence-corrected chi connectivity index (χ3v) is 4.76. The Balaban J connectivity index is 0.00000341. The van der Waals surface area contributed by atoms with E-state index >= 15 is 0 Å². The predicted molar refractivity (Wildman–Crippen MR) is 138 cm³/mol. The van der Waals surface area contributed by atoms with E-state index in [0.29, 0.717) is 0 Å². The van der Waals surface area contributed by atoms with Gasteiger partial charge < -0.3 is 20.0 Å². The second kappa shape index (κ2) is 14.5. The number of nitrogens with zero attached hydrogens (tertiary/aromatic N) is 3. The van der Waals surface area contributed by atoms with Gasteiger partial charge >= 0.3 is 0 Å². The van der Waals surface area contributed by atoms with Crippen LogP contribution in [0, 0.1) is 0 Å². The molecule has 31 heavy (non-hydrogen) atoms. The summed E-state index contributed by atoms with van der Waals surface area (Å²) in [4.78, 5) is 11.4. The lowest BCUT2D eigenvalue weighted by molar-refractivity contribution is 0.506. The standard InChI is InChI=1S/C24H31N5O.HI/c1-29(22-10-3-2-4-11-22)19-8-16-26-24(28-18-14-23-12-7-20-30-23)27-17-13-21-9-5-6-15-25-21;/h2-7,9-12,15,20H,8,13-14,16-19H2,1H3,(H2,26,27,28);1H. The van der Waals surface area contributed by atoms with Gasteiger partial charge in [0.2, 0.25) is 0 Å². The summed E-state index contributed by atoms with van der Waals surface area (Å²) in [7, 11) is 2.12. The topological polar surface area (TPSA) is 65.7 Å². The summed E-state index contributed by atoms with van der Waals surface area (Å²) >= 11 is 0. The summed E-state index contributed by atoms with van der Waals surface area (Å²) in [6, 6.07) is 20.3. The number of aliphatic imine (C=N–C) groups is 1. The van der Waals surface area contributed by atoms with Crippen molar-refractivity contribution in [2.24, 2.45) is 4.99 Å². The summed E-state index contributed by atoms with van der Waals surface area (Å²) in [5, 5.41) is 6.83. The molecule has 3 rings (SSSR count). The fourth-order valence-corrected chi connectivity index (χ4v) is 3.10. The van der Waals surface area contributed by atoms with Gasteiger partial charge in [0.1, 0.15) is 5.76 Å². The van der Waals surface area contributed by atoms with Crippen LogP contribution in [0.15, 0.2) is 82.5 Å². The van der Waals surface area contributed by atoms with Crippen molar-refractivity contribution in [3.8, 4) is 0 Å². The third kappa shape index (κ3) is 9.42. The van der Waals surface area contributed by atoms with E-state index in [9.17, 15) is 0 Å². The van der Waals surface area contributed by atoms with E-state index in [4.69, 9.17) is 9.41 Å². The second-order valence-corrected chi connectivity index (χ2v) is 7.09. The number of pyridine rings is 1. The molecule has 166 valence electrons. The van der Waals surface area contributed by atoms with Crippen LogP contribution in [0.1, 0.15) is 17.9 Å². The Bertz CT molecular complexity index is 856. The van der Waals surface area contributed by atoms with Crippen LogP contribution in [0.4, 0.5) is 5.69 Å². The summed E-state index contributed by atoms with van der Waals surface area (Å²) in [6.07, 6.45) is 6.20. The molecular weight excluding hydrogens is 501 g/mol. The molecule has 0 bridgehead atoms. The van der Waals surface area contributed by atoms with E-state index in [1.165, 1.54) is 5.69 Å². The number of aromatic nitrogens is 1. The molecule has 0 fully saturated rings. The number of benzene rings is 1. The number of guanidine groups is 1. The molecular formula is C24H32IN5O. The Morgan fingerprint density at radius 2 is 1.74 bits per heavy atom. The molecule has 2 aromatic heterocycles. The fourth-order valence-electron chi connectivity index (χ4n) is 3.10. The molecule has 0 saturated heterocycles. The van der Waals surface area contributed by atoms with Gasteiger partial charge in [0.15, 0.2) is 5.96 Å².